The fourth-order valence-electron chi connectivity index (χ4n) is 3.05. The summed E-state index contributed by atoms with van der Waals surface area (Å²) in [6.07, 6.45) is 11.7. The van der Waals surface area contributed by atoms with E-state index in [9.17, 15) is 25.5 Å². The Kier molecular flexibility index (Phi) is 11.5. The highest BCUT2D eigenvalue weighted by molar-refractivity contribution is 7.97. The Bertz CT molecular complexity index is 487. The molecule has 1 aromatic carbocycles. The molecule has 1 atom stereocenters. The third kappa shape index (κ3) is 9.41. The van der Waals surface area contributed by atoms with Gasteiger partial charge in [0.25, 0.3) is 0 Å². The fourth-order valence-corrected chi connectivity index (χ4v) is 5.21. The number of unbranched alkanes of at least 4 members (excludes halogenated alkanes) is 9. The van der Waals surface area contributed by atoms with Crippen molar-refractivity contribution >= 4 is 10.9 Å². The SMILES string of the molecule is CCCCCCCCCCCC[S+](Cc1ccccc1)C(O)(O)C(O)(O)O. The molecular formula is C21H37O5S+. The topological polar surface area (TPSA) is 101 Å². The molecule has 0 bridgehead atoms. The molecule has 0 saturated heterocycles. The van der Waals surface area contributed by atoms with Gasteiger partial charge in [0.2, 0.25) is 0 Å². The van der Waals surface area contributed by atoms with Gasteiger partial charge in [0, 0.05) is 5.56 Å². The zero-order valence-electron chi connectivity index (χ0n) is 16.5. The van der Waals surface area contributed by atoms with Crippen molar-refractivity contribution in [2.24, 2.45) is 0 Å². The molecule has 0 heterocycles. The Morgan fingerprint density at radius 2 is 1.19 bits per heavy atom. The Hall–Kier alpha value is -0.630. The van der Waals surface area contributed by atoms with Crippen molar-refractivity contribution in [2.75, 3.05) is 5.75 Å². The van der Waals surface area contributed by atoms with Crippen molar-refractivity contribution in [2.45, 2.75) is 88.0 Å². The van der Waals surface area contributed by atoms with Gasteiger partial charge in [0.05, 0.1) is 10.9 Å². The lowest BCUT2D eigenvalue weighted by molar-refractivity contribution is -0.413. The lowest BCUT2D eigenvalue weighted by atomic mass is 10.1. The maximum Gasteiger partial charge on any atom is 0.419 e. The second kappa shape index (κ2) is 12.8. The van der Waals surface area contributed by atoms with E-state index in [1.807, 2.05) is 30.3 Å². The van der Waals surface area contributed by atoms with Crippen molar-refractivity contribution < 1.29 is 25.5 Å². The van der Waals surface area contributed by atoms with Gasteiger partial charge in [0.1, 0.15) is 11.5 Å². The van der Waals surface area contributed by atoms with Crippen LogP contribution in [-0.4, -0.2) is 42.4 Å². The average Bonchev–Trinajstić information content (AvgIpc) is 2.62. The van der Waals surface area contributed by atoms with Crippen LogP contribution in [0.3, 0.4) is 0 Å². The molecule has 0 amide bonds. The van der Waals surface area contributed by atoms with Crippen molar-refractivity contribution in [3.8, 4) is 0 Å². The molecule has 6 heteroatoms. The minimum Gasteiger partial charge on any atom is -0.335 e. The van der Waals surface area contributed by atoms with Crippen molar-refractivity contribution in [3.05, 3.63) is 35.9 Å². The molecule has 0 aromatic heterocycles. The Labute approximate surface area is 166 Å². The molecule has 1 rings (SSSR count). The molecule has 27 heavy (non-hydrogen) atoms. The lowest BCUT2D eigenvalue weighted by Crippen LogP contribution is -2.60. The molecule has 0 fully saturated rings. The van der Waals surface area contributed by atoms with Crippen LogP contribution in [0.4, 0.5) is 0 Å². The maximum atomic E-state index is 10.1. The van der Waals surface area contributed by atoms with Crippen LogP contribution in [0.25, 0.3) is 0 Å². The molecule has 1 unspecified atom stereocenters. The molecular weight excluding hydrogens is 364 g/mol. The monoisotopic (exact) mass is 401 g/mol. The second-order valence-electron chi connectivity index (χ2n) is 7.25. The van der Waals surface area contributed by atoms with Gasteiger partial charge in [-0.05, 0) is 12.8 Å². The standard InChI is InChI=1S/C21H37O5S/c1-2-3-4-5-6-7-8-9-10-14-17-27(21(25,26)20(22,23)24)18-19-15-12-11-13-16-19/h11-13,15-16,22-26H,2-10,14,17-18H2,1H3/q+1. The normalized spacial score (nSPS) is 13.7. The first kappa shape index (κ1) is 24.4. The largest absolute Gasteiger partial charge is 0.419 e. The summed E-state index contributed by atoms with van der Waals surface area (Å²) in [6, 6.07) is 9.25. The van der Waals surface area contributed by atoms with Gasteiger partial charge in [-0.15, -0.1) is 0 Å². The summed E-state index contributed by atoms with van der Waals surface area (Å²) in [5.41, 5.74) is 0.865. The van der Waals surface area contributed by atoms with E-state index in [1.54, 1.807) is 0 Å². The molecule has 0 radical (unpaired) electrons. The minimum atomic E-state index is -3.54. The summed E-state index contributed by atoms with van der Waals surface area (Å²) >= 11 is 0. The Morgan fingerprint density at radius 1 is 0.704 bits per heavy atom. The van der Waals surface area contributed by atoms with E-state index in [0.717, 1.165) is 24.8 Å². The second-order valence-corrected chi connectivity index (χ2v) is 9.50. The predicted molar refractivity (Wildman–Crippen MR) is 111 cm³/mol. The van der Waals surface area contributed by atoms with E-state index in [2.05, 4.69) is 6.92 Å². The summed E-state index contributed by atoms with van der Waals surface area (Å²) in [6.45, 7) is 2.22. The number of rotatable bonds is 15. The molecule has 5 nitrogen and oxygen atoms in total. The summed E-state index contributed by atoms with van der Waals surface area (Å²) in [4.78, 5) is 0. The van der Waals surface area contributed by atoms with Crippen LogP contribution in [-0.2, 0) is 16.6 Å². The van der Waals surface area contributed by atoms with Crippen LogP contribution in [0.1, 0.15) is 76.7 Å². The smallest absolute Gasteiger partial charge is 0.335 e. The number of aliphatic hydroxyl groups is 5. The van der Waals surface area contributed by atoms with E-state index in [4.69, 9.17) is 0 Å². The first-order valence-electron chi connectivity index (χ1n) is 10.1. The quantitative estimate of drug-likeness (QED) is 0.177. The Morgan fingerprint density at radius 3 is 1.67 bits per heavy atom. The van der Waals surface area contributed by atoms with Crippen molar-refractivity contribution in [1.82, 2.24) is 0 Å². The van der Waals surface area contributed by atoms with Gasteiger partial charge in [0.15, 0.2) is 0 Å². The van der Waals surface area contributed by atoms with Crippen LogP contribution in [0.5, 0.6) is 0 Å². The Balaban J connectivity index is 2.40. The van der Waals surface area contributed by atoms with Gasteiger partial charge < -0.3 is 25.5 Å². The molecule has 0 aliphatic carbocycles. The zero-order chi connectivity index (χ0) is 20.2. The highest BCUT2D eigenvalue weighted by Gasteiger charge is 2.61. The minimum absolute atomic E-state index is 0.273. The summed E-state index contributed by atoms with van der Waals surface area (Å²) in [5, 5.41) is 45.4. The van der Waals surface area contributed by atoms with Crippen LogP contribution < -0.4 is 0 Å². The molecule has 0 saturated carbocycles. The predicted octanol–water partition coefficient (Wildman–Crippen LogP) is 2.99. The van der Waals surface area contributed by atoms with Gasteiger partial charge in [-0.1, -0.05) is 88.6 Å². The number of hydrogen-bond acceptors (Lipinski definition) is 5. The van der Waals surface area contributed by atoms with Gasteiger partial charge in [-0.2, -0.15) is 0 Å². The van der Waals surface area contributed by atoms with Gasteiger partial charge in [-0.3, -0.25) is 0 Å². The lowest BCUT2D eigenvalue weighted by Gasteiger charge is -2.29. The van der Waals surface area contributed by atoms with Crippen LogP contribution in [0.2, 0.25) is 0 Å². The number of hydrogen-bond donors (Lipinski definition) is 5. The zero-order valence-corrected chi connectivity index (χ0v) is 17.3. The molecule has 1 aromatic rings. The number of benzene rings is 1. The van der Waals surface area contributed by atoms with E-state index >= 15 is 0 Å². The fraction of sp³-hybridized carbons (Fsp3) is 0.714. The van der Waals surface area contributed by atoms with Crippen LogP contribution >= 0.6 is 0 Å². The maximum absolute atomic E-state index is 10.1. The first-order chi connectivity index (χ1) is 12.8. The third-order valence-corrected chi connectivity index (χ3v) is 7.31. The molecule has 0 spiro atoms. The van der Waals surface area contributed by atoms with Gasteiger partial charge >= 0.3 is 11.1 Å². The van der Waals surface area contributed by atoms with Gasteiger partial charge in [-0.25, -0.2) is 0 Å². The summed E-state index contributed by atoms with van der Waals surface area (Å²) < 4.78 is 0. The third-order valence-electron chi connectivity index (χ3n) is 4.77. The van der Waals surface area contributed by atoms with Crippen molar-refractivity contribution in [3.63, 3.8) is 0 Å². The van der Waals surface area contributed by atoms with Crippen LogP contribution in [0, 0.1) is 0 Å². The van der Waals surface area contributed by atoms with Crippen LogP contribution in [0.15, 0.2) is 30.3 Å². The summed E-state index contributed by atoms with van der Waals surface area (Å²) in [5.74, 6) is -2.85. The van der Waals surface area contributed by atoms with E-state index in [-0.39, 0.29) is 5.75 Å². The van der Waals surface area contributed by atoms with E-state index in [0.29, 0.717) is 5.75 Å². The van der Waals surface area contributed by atoms with E-state index < -0.39 is 22.0 Å². The van der Waals surface area contributed by atoms with Crippen molar-refractivity contribution in [1.29, 1.82) is 0 Å². The molecule has 5 N–H and O–H groups in total. The molecule has 0 aliphatic rings. The molecule has 156 valence electrons. The average molecular weight is 402 g/mol. The highest BCUT2D eigenvalue weighted by atomic mass is 32.2. The highest BCUT2D eigenvalue weighted by Crippen LogP contribution is 2.28. The van der Waals surface area contributed by atoms with E-state index in [1.165, 1.54) is 44.9 Å². The summed E-state index contributed by atoms with van der Waals surface area (Å²) in [7, 11) is -1.21. The molecule has 0 aliphatic heterocycles. The first-order valence-corrected chi connectivity index (χ1v) is 11.7.